The van der Waals surface area contributed by atoms with Crippen LogP contribution in [0.2, 0.25) is 0 Å². The average molecular weight is 398 g/mol. The van der Waals surface area contributed by atoms with Gasteiger partial charge in [-0.2, -0.15) is 10.2 Å². The molecule has 1 saturated carbocycles. The third-order valence-corrected chi connectivity index (χ3v) is 6.48. The van der Waals surface area contributed by atoms with Gasteiger partial charge in [0, 0.05) is 75.6 Å². The third kappa shape index (κ3) is 3.77. The zero-order chi connectivity index (χ0) is 19.8. The van der Waals surface area contributed by atoms with E-state index >= 15 is 0 Å². The summed E-state index contributed by atoms with van der Waals surface area (Å²) < 4.78 is 1.91. The van der Waals surface area contributed by atoms with Crippen LogP contribution >= 0.6 is 0 Å². The lowest BCUT2D eigenvalue weighted by atomic mass is 9.94. The number of rotatable bonds is 5. The van der Waals surface area contributed by atoms with Crippen LogP contribution in [0.25, 0.3) is 0 Å². The van der Waals surface area contributed by atoms with Crippen molar-refractivity contribution in [3.8, 4) is 0 Å². The summed E-state index contributed by atoms with van der Waals surface area (Å²) in [5, 5.41) is 15.9. The molecule has 4 heterocycles. The first kappa shape index (κ1) is 18.7. The molecule has 2 aromatic rings. The number of hydrogen-bond acceptors (Lipinski definition) is 5. The summed E-state index contributed by atoms with van der Waals surface area (Å²) in [6.07, 6.45) is 6.40. The number of nitrogens with zero attached hydrogens (tertiary/aromatic N) is 5. The maximum atomic E-state index is 13.3. The van der Waals surface area contributed by atoms with Crippen molar-refractivity contribution in [2.45, 2.75) is 51.0 Å². The number of likely N-dealkylation sites (tertiary alicyclic amines) is 1. The Labute approximate surface area is 171 Å². The van der Waals surface area contributed by atoms with E-state index in [1.165, 1.54) is 0 Å². The highest BCUT2D eigenvalue weighted by atomic mass is 16.2. The highest BCUT2D eigenvalue weighted by Crippen LogP contribution is 2.41. The molecule has 2 aromatic heterocycles. The topological polar surface area (TPSA) is 82.1 Å². The van der Waals surface area contributed by atoms with E-state index < -0.39 is 0 Å². The number of amides is 1. The Kier molecular flexibility index (Phi) is 5.03. The van der Waals surface area contributed by atoms with E-state index in [0.29, 0.717) is 11.8 Å². The van der Waals surface area contributed by atoms with Gasteiger partial charge in [-0.15, -0.1) is 0 Å². The number of nitrogens with one attached hydrogen (secondary N) is 2. The summed E-state index contributed by atoms with van der Waals surface area (Å²) in [6.45, 7) is 8.45. The molecule has 1 atom stereocenters. The van der Waals surface area contributed by atoms with Crippen molar-refractivity contribution in [2.24, 2.45) is 0 Å². The van der Waals surface area contributed by atoms with Crippen LogP contribution in [0.1, 0.15) is 66.2 Å². The van der Waals surface area contributed by atoms with Gasteiger partial charge in [-0.3, -0.25) is 14.6 Å². The Hall–Kier alpha value is -2.35. The highest BCUT2D eigenvalue weighted by molar-refractivity contribution is 5.95. The number of hydrogen-bond donors (Lipinski definition) is 2. The van der Waals surface area contributed by atoms with E-state index in [0.717, 1.165) is 94.3 Å². The molecule has 8 heteroatoms. The lowest BCUT2D eigenvalue weighted by Gasteiger charge is -2.32. The molecule has 3 fully saturated rings. The zero-order valence-electron chi connectivity index (χ0n) is 17.2. The van der Waals surface area contributed by atoms with E-state index in [1.54, 1.807) is 0 Å². The number of piperazine rings is 1. The van der Waals surface area contributed by atoms with E-state index in [1.807, 2.05) is 15.8 Å². The SMILES string of the molecule is CCn1cc(C(=O)N2CCCC(c3cc(N4CCNCC4)n[nH]3)C2)c(C2CC2)n1. The minimum atomic E-state index is 0.151. The maximum Gasteiger partial charge on any atom is 0.257 e. The summed E-state index contributed by atoms with van der Waals surface area (Å²) in [4.78, 5) is 17.7. The fourth-order valence-corrected chi connectivity index (χ4v) is 4.60. The second kappa shape index (κ2) is 7.82. The first-order valence-corrected chi connectivity index (χ1v) is 11.1. The highest BCUT2D eigenvalue weighted by Gasteiger charge is 2.34. The van der Waals surface area contributed by atoms with Crippen molar-refractivity contribution in [1.29, 1.82) is 0 Å². The van der Waals surface area contributed by atoms with Crippen LogP contribution in [0.15, 0.2) is 12.3 Å². The lowest BCUT2D eigenvalue weighted by molar-refractivity contribution is 0.0704. The Bertz CT molecular complexity index is 862. The van der Waals surface area contributed by atoms with Crippen LogP contribution in [-0.4, -0.2) is 70.1 Å². The molecule has 0 spiro atoms. The number of carbonyl (C=O) groups excluding carboxylic acids is 1. The monoisotopic (exact) mass is 397 g/mol. The van der Waals surface area contributed by atoms with Crippen LogP contribution in [0.4, 0.5) is 5.82 Å². The van der Waals surface area contributed by atoms with Gasteiger partial charge >= 0.3 is 0 Å². The molecule has 1 aliphatic carbocycles. The van der Waals surface area contributed by atoms with Crippen LogP contribution in [-0.2, 0) is 6.54 Å². The molecule has 0 bridgehead atoms. The fourth-order valence-electron chi connectivity index (χ4n) is 4.60. The van der Waals surface area contributed by atoms with Crippen molar-refractivity contribution in [3.63, 3.8) is 0 Å². The number of aryl methyl sites for hydroxylation is 1. The van der Waals surface area contributed by atoms with Crippen molar-refractivity contribution in [3.05, 3.63) is 29.2 Å². The average Bonchev–Trinajstić information content (AvgIpc) is 3.34. The van der Waals surface area contributed by atoms with E-state index in [-0.39, 0.29) is 5.91 Å². The van der Waals surface area contributed by atoms with E-state index in [4.69, 9.17) is 0 Å². The van der Waals surface area contributed by atoms with Crippen LogP contribution in [0.3, 0.4) is 0 Å². The van der Waals surface area contributed by atoms with Crippen molar-refractivity contribution < 1.29 is 4.79 Å². The van der Waals surface area contributed by atoms with Gasteiger partial charge in [0.05, 0.1) is 11.3 Å². The first-order valence-electron chi connectivity index (χ1n) is 11.1. The first-order chi connectivity index (χ1) is 14.2. The Balaban J connectivity index is 1.30. The second-order valence-electron chi connectivity index (χ2n) is 8.57. The number of piperidine rings is 1. The molecule has 2 saturated heterocycles. The molecule has 2 aliphatic heterocycles. The Morgan fingerprint density at radius 3 is 2.76 bits per heavy atom. The molecular weight excluding hydrogens is 366 g/mol. The Morgan fingerprint density at radius 1 is 1.17 bits per heavy atom. The summed E-state index contributed by atoms with van der Waals surface area (Å²) >= 11 is 0. The van der Waals surface area contributed by atoms with Crippen LogP contribution in [0.5, 0.6) is 0 Å². The van der Waals surface area contributed by atoms with E-state index in [9.17, 15) is 4.79 Å². The number of H-pyrrole nitrogens is 1. The van der Waals surface area contributed by atoms with Gasteiger partial charge in [-0.25, -0.2) is 0 Å². The zero-order valence-corrected chi connectivity index (χ0v) is 17.2. The van der Waals surface area contributed by atoms with Crippen molar-refractivity contribution in [1.82, 2.24) is 30.2 Å². The van der Waals surface area contributed by atoms with Gasteiger partial charge in [0.25, 0.3) is 5.91 Å². The molecule has 3 aliphatic rings. The van der Waals surface area contributed by atoms with E-state index in [2.05, 4.69) is 38.5 Å². The lowest BCUT2D eigenvalue weighted by Crippen LogP contribution is -2.43. The van der Waals surface area contributed by atoms with Gasteiger partial charge in [0.2, 0.25) is 0 Å². The molecule has 1 amide bonds. The smallest absolute Gasteiger partial charge is 0.257 e. The van der Waals surface area contributed by atoms with Gasteiger partial charge in [0.1, 0.15) is 0 Å². The summed E-state index contributed by atoms with van der Waals surface area (Å²) in [7, 11) is 0. The molecule has 29 heavy (non-hydrogen) atoms. The van der Waals surface area contributed by atoms with Crippen LogP contribution < -0.4 is 10.2 Å². The predicted octanol–water partition coefficient (Wildman–Crippen LogP) is 1.93. The number of carbonyl (C=O) groups is 1. The molecule has 5 rings (SSSR count). The Morgan fingerprint density at radius 2 is 2.00 bits per heavy atom. The quantitative estimate of drug-likeness (QED) is 0.806. The maximum absolute atomic E-state index is 13.3. The van der Waals surface area contributed by atoms with Gasteiger partial charge < -0.3 is 15.1 Å². The van der Waals surface area contributed by atoms with Gasteiger partial charge in [-0.05, 0) is 32.6 Å². The van der Waals surface area contributed by atoms with Crippen LogP contribution in [0, 0.1) is 0 Å². The van der Waals surface area contributed by atoms with Crippen molar-refractivity contribution >= 4 is 11.7 Å². The normalized spacial score (nSPS) is 22.9. The summed E-state index contributed by atoms with van der Waals surface area (Å²) in [5.74, 6) is 1.99. The molecule has 8 nitrogen and oxygen atoms in total. The van der Waals surface area contributed by atoms with Gasteiger partial charge in [-0.1, -0.05) is 0 Å². The summed E-state index contributed by atoms with van der Waals surface area (Å²) in [5.41, 5.74) is 2.99. The second-order valence-corrected chi connectivity index (χ2v) is 8.57. The minimum absolute atomic E-state index is 0.151. The molecule has 0 radical (unpaired) electrons. The molecular formula is C21H31N7O. The fraction of sp³-hybridized carbons (Fsp3) is 0.667. The summed E-state index contributed by atoms with van der Waals surface area (Å²) in [6, 6.07) is 2.19. The molecule has 1 unspecified atom stereocenters. The number of aromatic nitrogens is 4. The van der Waals surface area contributed by atoms with Gasteiger partial charge in [0.15, 0.2) is 5.82 Å². The number of anilines is 1. The largest absolute Gasteiger partial charge is 0.353 e. The minimum Gasteiger partial charge on any atom is -0.353 e. The number of aromatic amines is 1. The predicted molar refractivity (Wildman–Crippen MR) is 111 cm³/mol. The molecule has 0 aromatic carbocycles. The third-order valence-electron chi connectivity index (χ3n) is 6.48. The standard InChI is InChI=1S/C21H31N7O/c1-2-28-14-17(20(25-28)15-5-6-15)21(29)27-9-3-4-16(13-27)18-12-19(24-23-18)26-10-7-22-8-11-26/h12,14-16,22H,2-11,13H2,1H3,(H,23,24). The van der Waals surface area contributed by atoms with Crippen molar-refractivity contribution in [2.75, 3.05) is 44.2 Å². The molecule has 156 valence electrons. The molecule has 2 N–H and O–H groups in total.